The SMILES string of the molecule is CC(CC(=O)O)N(C)S(C)(=O)=O. The second-order valence-corrected chi connectivity index (χ2v) is 4.77. The number of carboxylic acids is 1. The first-order valence-corrected chi connectivity index (χ1v) is 5.24. The number of carbonyl (C=O) groups is 1. The van der Waals surface area contributed by atoms with Crippen LogP contribution in [0.5, 0.6) is 0 Å². The molecule has 0 aliphatic rings. The van der Waals surface area contributed by atoms with Crippen molar-refractivity contribution >= 4 is 16.0 Å². The maximum Gasteiger partial charge on any atom is 0.304 e. The van der Waals surface area contributed by atoms with E-state index in [1.807, 2.05) is 0 Å². The molecule has 0 radical (unpaired) electrons. The van der Waals surface area contributed by atoms with Crippen LogP contribution in [0, 0.1) is 0 Å². The van der Waals surface area contributed by atoms with Crippen LogP contribution in [0.2, 0.25) is 0 Å². The maximum atomic E-state index is 10.9. The van der Waals surface area contributed by atoms with Gasteiger partial charge in [0.1, 0.15) is 0 Å². The lowest BCUT2D eigenvalue weighted by molar-refractivity contribution is -0.137. The van der Waals surface area contributed by atoms with E-state index in [0.717, 1.165) is 10.6 Å². The second-order valence-electron chi connectivity index (χ2n) is 2.73. The zero-order valence-electron chi connectivity index (χ0n) is 7.31. The number of hydrogen-bond donors (Lipinski definition) is 1. The van der Waals surface area contributed by atoms with Crippen LogP contribution in [0.1, 0.15) is 13.3 Å². The van der Waals surface area contributed by atoms with Crippen LogP contribution >= 0.6 is 0 Å². The van der Waals surface area contributed by atoms with Crippen LogP contribution in [0.3, 0.4) is 0 Å². The summed E-state index contributed by atoms with van der Waals surface area (Å²) in [5.74, 6) is -1.00. The van der Waals surface area contributed by atoms with Crippen LogP contribution in [0.15, 0.2) is 0 Å². The van der Waals surface area contributed by atoms with Gasteiger partial charge in [-0.15, -0.1) is 0 Å². The Morgan fingerprint density at radius 1 is 1.58 bits per heavy atom. The quantitative estimate of drug-likeness (QED) is 0.670. The first-order chi connectivity index (χ1) is 5.25. The molecule has 0 saturated carbocycles. The lowest BCUT2D eigenvalue weighted by atomic mass is 10.2. The molecule has 0 spiro atoms. The predicted molar refractivity (Wildman–Crippen MR) is 44.3 cm³/mol. The fraction of sp³-hybridized carbons (Fsp3) is 0.833. The summed E-state index contributed by atoms with van der Waals surface area (Å²) in [5, 5.41) is 8.38. The lowest BCUT2D eigenvalue weighted by Gasteiger charge is -2.20. The van der Waals surface area contributed by atoms with Crippen molar-refractivity contribution in [2.45, 2.75) is 19.4 Å². The molecule has 1 unspecified atom stereocenters. The molecule has 5 nitrogen and oxygen atoms in total. The van der Waals surface area contributed by atoms with Gasteiger partial charge in [-0.1, -0.05) is 0 Å². The van der Waals surface area contributed by atoms with Crippen molar-refractivity contribution in [3.05, 3.63) is 0 Å². The fourth-order valence-electron chi connectivity index (χ4n) is 0.708. The van der Waals surface area contributed by atoms with E-state index in [-0.39, 0.29) is 6.42 Å². The van der Waals surface area contributed by atoms with Crippen molar-refractivity contribution in [1.29, 1.82) is 0 Å². The molecule has 0 bridgehead atoms. The second kappa shape index (κ2) is 3.86. The van der Waals surface area contributed by atoms with Gasteiger partial charge in [-0.25, -0.2) is 12.7 Å². The highest BCUT2D eigenvalue weighted by atomic mass is 32.2. The molecule has 0 saturated heterocycles. The van der Waals surface area contributed by atoms with E-state index in [2.05, 4.69) is 0 Å². The van der Waals surface area contributed by atoms with Crippen molar-refractivity contribution in [3.8, 4) is 0 Å². The fourth-order valence-corrected chi connectivity index (χ4v) is 1.44. The zero-order chi connectivity index (χ0) is 9.94. The molecule has 0 heterocycles. The standard InChI is InChI=1S/C6H13NO4S/c1-5(4-6(8)9)7(2)12(3,10)11/h5H,4H2,1-3H3,(H,8,9). The average Bonchev–Trinajstić information content (AvgIpc) is 1.82. The highest BCUT2D eigenvalue weighted by Gasteiger charge is 2.20. The van der Waals surface area contributed by atoms with E-state index in [9.17, 15) is 13.2 Å². The Balaban J connectivity index is 4.30. The summed E-state index contributed by atoms with van der Waals surface area (Å²) in [6.07, 6.45) is 0.870. The minimum absolute atomic E-state index is 0.177. The van der Waals surface area contributed by atoms with E-state index in [1.165, 1.54) is 7.05 Å². The number of carboxylic acid groups (broad SMARTS) is 1. The summed E-state index contributed by atoms with van der Waals surface area (Å²) in [4.78, 5) is 10.2. The Kier molecular flexibility index (Phi) is 3.66. The van der Waals surface area contributed by atoms with Gasteiger partial charge in [-0.3, -0.25) is 4.79 Å². The Morgan fingerprint density at radius 3 is 2.25 bits per heavy atom. The number of hydrogen-bond acceptors (Lipinski definition) is 3. The summed E-state index contributed by atoms with van der Waals surface area (Å²) >= 11 is 0. The van der Waals surface area contributed by atoms with E-state index in [0.29, 0.717) is 0 Å². The normalized spacial score (nSPS) is 14.7. The minimum atomic E-state index is -3.28. The molecule has 0 aliphatic heterocycles. The molecule has 0 aromatic carbocycles. The topological polar surface area (TPSA) is 74.7 Å². The summed E-state index contributed by atoms with van der Waals surface area (Å²) in [7, 11) is -1.91. The Hall–Kier alpha value is -0.620. The van der Waals surface area contributed by atoms with E-state index in [1.54, 1.807) is 6.92 Å². The van der Waals surface area contributed by atoms with Gasteiger partial charge in [0, 0.05) is 13.1 Å². The van der Waals surface area contributed by atoms with E-state index in [4.69, 9.17) is 5.11 Å². The number of aliphatic carboxylic acids is 1. The third kappa shape index (κ3) is 3.68. The van der Waals surface area contributed by atoms with Gasteiger partial charge in [0.05, 0.1) is 12.7 Å². The third-order valence-electron chi connectivity index (χ3n) is 1.61. The summed E-state index contributed by atoms with van der Waals surface area (Å²) < 4.78 is 22.8. The van der Waals surface area contributed by atoms with Crippen molar-refractivity contribution < 1.29 is 18.3 Å². The predicted octanol–water partition coefficient (Wildman–Crippen LogP) is -0.259. The molecule has 1 atom stereocenters. The van der Waals surface area contributed by atoms with Crippen molar-refractivity contribution in [2.75, 3.05) is 13.3 Å². The molecule has 0 aromatic rings. The lowest BCUT2D eigenvalue weighted by Crippen LogP contribution is -2.35. The molecule has 0 amide bonds. The maximum absolute atomic E-state index is 10.9. The first-order valence-electron chi connectivity index (χ1n) is 3.40. The number of sulfonamides is 1. The molecule has 12 heavy (non-hydrogen) atoms. The van der Waals surface area contributed by atoms with Gasteiger partial charge in [0.15, 0.2) is 0 Å². The van der Waals surface area contributed by atoms with Crippen LogP contribution < -0.4 is 0 Å². The Bertz CT molecular complexity index is 259. The molecule has 6 heteroatoms. The number of nitrogens with zero attached hydrogens (tertiary/aromatic N) is 1. The molecular weight excluding hydrogens is 182 g/mol. The van der Waals surface area contributed by atoms with Gasteiger partial charge in [0.2, 0.25) is 10.0 Å². The smallest absolute Gasteiger partial charge is 0.304 e. The van der Waals surface area contributed by atoms with Gasteiger partial charge >= 0.3 is 5.97 Å². The molecule has 0 fully saturated rings. The highest BCUT2D eigenvalue weighted by Crippen LogP contribution is 2.05. The monoisotopic (exact) mass is 195 g/mol. The number of rotatable bonds is 4. The average molecular weight is 195 g/mol. The van der Waals surface area contributed by atoms with Crippen LogP contribution in [0.25, 0.3) is 0 Å². The van der Waals surface area contributed by atoms with Crippen LogP contribution in [0.4, 0.5) is 0 Å². The third-order valence-corrected chi connectivity index (χ3v) is 3.02. The Morgan fingerprint density at radius 2 is 2.00 bits per heavy atom. The molecule has 72 valence electrons. The van der Waals surface area contributed by atoms with Gasteiger partial charge < -0.3 is 5.11 Å². The van der Waals surface area contributed by atoms with E-state index >= 15 is 0 Å². The van der Waals surface area contributed by atoms with E-state index < -0.39 is 22.0 Å². The molecule has 0 aliphatic carbocycles. The summed E-state index contributed by atoms with van der Waals surface area (Å²) in [5.41, 5.74) is 0. The Labute approximate surface area is 72.0 Å². The van der Waals surface area contributed by atoms with Crippen molar-refractivity contribution in [2.24, 2.45) is 0 Å². The summed E-state index contributed by atoms with van der Waals surface area (Å²) in [6, 6.07) is -0.502. The van der Waals surface area contributed by atoms with Crippen molar-refractivity contribution in [3.63, 3.8) is 0 Å². The molecule has 1 N–H and O–H groups in total. The van der Waals surface area contributed by atoms with Gasteiger partial charge in [-0.2, -0.15) is 0 Å². The first kappa shape index (κ1) is 11.4. The van der Waals surface area contributed by atoms with Crippen LogP contribution in [-0.2, 0) is 14.8 Å². The molecule has 0 aromatic heterocycles. The highest BCUT2D eigenvalue weighted by molar-refractivity contribution is 7.88. The minimum Gasteiger partial charge on any atom is -0.481 e. The summed E-state index contributed by atoms with van der Waals surface area (Å²) in [6.45, 7) is 1.55. The molecule has 0 rings (SSSR count). The van der Waals surface area contributed by atoms with Gasteiger partial charge in [-0.05, 0) is 6.92 Å². The van der Waals surface area contributed by atoms with Gasteiger partial charge in [0.25, 0.3) is 0 Å². The van der Waals surface area contributed by atoms with Crippen LogP contribution in [-0.4, -0.2) is 43.1 Å². The zero-order valence-corrected chi connectivity index (χ0v) is 8.13. The molecular formula is C6H13NO4S. The van der Waals surface area contributed by atoms with Crippen molar-refractivity contribution in [1.82, 2.24) is 4.31 Å². The largest absolute Gasteiger partial charge is 0.481 e.